The number of hydrogen-bond donors (Lipinski definition) is 0. The van der Waals surface area contributed by atoms with Crippen molar-refractivity contribution in [1.82, 2.24) is 0 Å². The zero-order valence-electron chi connectivity index (χ0n) is 7.74. The molecule has 1 heterocycles. The molecule has 5 heteroatoms. The molecule has 0 aliphatic heterocycles. The zero-order valence-corrected chi connectivity index (χ0v) is 9.90. The Morgan fingerprint density at radius 3 is 2.38 bits per heavy atom. The van der Waals surface area contributed by atoms with Crippen molar-refractivity contribution in [2.75, 3.05) is 0 Å². The first-order valence-electron chi connectivity index (χ1n) is 3.63. The maximum atomic E-state index is 10.5. The lowest BCUT2D eigenvalue weighted by Crippen LogP contribution is -3.00. The van der Waals surface area contributed by atoms with Gasteiger partial charge in [0, 0.05) is 11.1 Å². The summed E-state index contributed by atoms with van der Waals surface area (Å²) in [5.41, 5.74) is 1.85. The largest absolute Gasteiger partial charge is 1.00 e. The van der Waals surface area contributed by atoms with Crippen LogP contribution in [0, 0.1) is 24.0 Å². The Morgan fingerprint density at radius 2 is 1.92 bits per heavy atom. The molecule has 0 aromatic carbocycles. The minimum Gasteiger partial charge on any atom is -1.00 e. The monoisotopic (exact) mass is 294 g/mol. The number of nitro groups is 1. The van der Waals surface area contributed by atoms with Gasteiger partial charge in [0.25, 0.3) is 0 Å². The van der Waals surface area contributed by atoms with Gasteiger partial charge in [-0.25, -0.2) is 4.57 Å². The van der Waals surface area contributed by atoms with Crippen LogP contribution in [0.1, 0.15) is 11.1 Å². The molecule has 0 unspecified atom stereocenters. The van der Waals surface area contributed by atoms with Crippen molar-refractivity contribution in [3.8, 4) is 0 Å². The van der Waals surface area contributed by atoms with Crippen molar-refractivity contribution in [2.24, 2.45) is 7.05 Å². The van der Waals surface area contributed by atoms with Gasteiger partial charge in [0.1, 0.15) is 7.05 Å². The standard InChI is InChI=1S/C8H11N2O2.HI/c1-6-4-9(3)5-8(7(6)2)10(11)12;/h4-5H,1-3H3;1H/q+1;/p-1. The maximum absolute atomic E-state index is 10.5. The summed E-state index contributed by atoms with van der Waals surface area (Å²) in [5, 5.41) is 10.5. The fourth-order valence-electron chi connectivity index (χ4n) is 1.12. The van der Waals surface area contributed by atoms with Crippen molar-refractivity contribution in [3.05, 3.63) is 33.6 Å². The lowest BCUT2D eigenvalue weighted by molar-refractivity contribution is -0.674. The van der Waals surface area contributed by atoms with Crippen molar-refractivity contribution < 1.29 is 33.5 Å². The molecular weight excluding hydrogens is 283 g/mol. The topological polar surface area (TPSA) is 47.0 Å². The van der Waals surface area contributed by atoms with Crippen LogP contribution in [0.5, 0.6) is 0 Å². The van der Waals surface area contributed by atoms with Crippen LogP contribution in [0.4, 0.5) is 5.69 Å². The first-order chi connectivity index (χ1) is 5.52. The average Bonchev–Trinajstić information content (AvgIpc) is 1.96. The fourth-order valence-corrected chi connectivity index (χ4v) is 1.12. The lowest BCUT2D eigenvalue weighted by atomic mass is 10.1. The van der Waals surface area contributed by atoms with Crippen LogP contribution >= 0.6 is 0 Å². The molecule has 0 fully saturated rings. The van der Waals surface area contributed by atoms with E-state index >= 15 is 0 Å². The van der Waals surface area contributed by atoms with Crippen LogP contribution in [0.2, 0.25) is 0 Å². The van der Waals surface area contributed by atoms with E-state index in [-0.39, 0.29) is 34.6 Å². The Labute approximate surface area is 93.8 Å². The summed E-state index contributed by atoms with van der Waals surface area (Å²) in [6.45, 7) is 3.62. The second-order valence-corrected chi connectivity index (χ2v) is 2.87. The van der Waals surface area contributed by atoms with E-state index in [9.17, 15) is 10.1 Å². The van der Waals surface area contributed by atoms with Crippen LogP contribution in [-0.4, -0.2) is 4.92 Å². The molecule has 72 valence electrons. The summed E-state index contributed by atoms with van der Waals surface area (Å²) in [6, 6.07) is 0. The van der Waals surface area contributed by atoms with Gasteiger partial charge >= 0.3 is 5.69 Å². The molecule has 0 saturated carbocycles. The number of nitrogens with zero attached hydrogens (tertiary/aromatic N) is 2. The van der Waals surface area contributed by atoms with Crippen LogP contribution in [0.25, 0.3) is 0 Å². The van der Waals surface area contributed by atoms with Crippen molar-refractivity contribution in [2.45, 2.75) is 13.8 Å². The third-order valence-corrected chi connectivity index (χ3v) is 1.90. The lowest BCUT2D eigenvalue weighted by Gasteiger charge is -1.97. The molecule has 0 amide bonds. The number of pyridine rings is 1. The van der Waals surface area contributed by atoms with Crippen molar-refractivity contribution in [1.29, 1.82) is 0 Å². The van der Waals surface area contributed by atoms with E-state index < -0.39 is 0 Å². The summed E-state index contributed by atoms with van der Waals surface area (Å²) < 4.78 is 1.69. The summed E-state index contributed by atoms with van der Waals surface area (Å²) in [5.74, 6) is 0. The highest BCUT2D eigenvalue weighted by Crippen LogP contribution is 2.16. The molecule has 0 aliphatic rings. The Balaban J connectivity index is 0.00000144. The maximum Gasteiger partial charge on any atom is 0.335 e. The van der Waals surface area contributed by atoms with E-state index in [2.05, 4.69) is 0 Å². The number of aryl methyl sites for hydroxylation is 2. The van der Waals surface area contributed by atoms with Gasteiger partial charge in [-0.1, -0.05) is 0 Å². The molecule has 0 radical (unpaired) electrons. The summed E-state index contributed by atoms with van der Waals surface area (Å²) in [6.07, 6.45) is 3.38. The highest BCUT2D eigenvalue weighted by atomic mass is 127. The predicted octanol–water partition coefficient (Wildman–Crippen LogP) is -1.96. The molecule has 0 saturated heterocycles. The average molecular weight is 294 g/mol. The van der Waals surface area contributed by atoms with Crippen LogP contribution < -0.4 is 28.5 Å². The van der Waals surface area contributed by atoms with Gasteiger partial charge in [-0.15, -0.1) is 0 Å². The van der Waals surface area contributed by atoms with Crippen LogP contribution in [0.15, 0.2) is 12.4 Å². The van der Waals surface area contributed by atoms with E-state index in [1.165, 1.54) is 6.20 Å². The molecular formula is C8H11IN2O2. The van der Waals surface area contributed by atoms with E-state index in [4.69, 9.17) is 0 Å². The molecule has 0 spiro atoms. The Bertz CT molecular complexity index is 339. The normalized spacial score (nSPS) is 9.15. The van der Waals surface area contributed by atoms with Crippen LogP contribution in [0.3, 0.4) is 0 Å². The smallest absolute Gasteiger partial charge is 0.335 e. The van der Waals surface area contributed by atoms with Crippen molar-refractivity contribution in [3.63, 3.8) is 0 Å². The molecule has 4 nitrogen and oxygen atoms in total. The van der Waals surface area contributed by atoms with Gasteiger partial charge in [0.2, 0.25) is 6.20 Å². The van der Waals surface area contributed by atoms with Gasteiger partial charge in [-0.05, 0) is 13.8 Å². The quantitative estimate of drug-likeness (QED) is 0.261. The van der Waals surface area contributed by atoms with Crippen LogP contribution in [-0.2, 0) is 7.05 Å². The number of halogens is 1. The second kappa shape index (κ2) is 4.50. The van der Waals surface area contributed by atoms with E-state index in [1.807, 2.05) is 13.1 Å². The molecule has 0 atom stereocenters. The minimum absolute atomic E-state index is 0. The number of aromatic nitrogens is 1. The number of rotatable bonds is 1. The third-order valence-electron chi connectivity index (χ3n) is 1.90. The SMILES string of the molecule is Cc1c[n+](C)cc([N+](=O)[O-])c1C.[I-]. The third kappa shape index (κ3) is 2.61. The molecule has 1 aromatic rings. The van der Waals surface area contributed by atoms with E-state index in [0.29, 0.717) is 0 Å². The fraction of sp³-hybridized carbons (Fsp3) is 0.375. The summed E-state index contributed by atoms with van der Waals surface area (Å²) in [4.78, 5) is 10.2. The van der Waals surface area contributed by atoms with E-state index in [1.54, 1.807) is 18.5 Å². The zero-order chi connectivity index (χ0) is 9.30. The van der Waals surface area contributed by atoms with Gasteiger partial charge in [0.15, 0.2) is 6.20 Å². The first-order valence-corrected chi connectivity index (χ1v) is 3.63. The van der Waals surface area contributed by atoms with Gasteiger partial charge in [-0.3, -0.25) is 10.1 Å². The Morgan fingerprint density at radius 1 is 1.38 bits per heavy atom. The summed E-state index contributed by atoms with van der Waals surface area (Å²) in [7, 11) is 1.78. The van der Waals surface area contributed by atoms with Gasteiger partial charge in [-0.2, -0.15) is 0 Å². The van der Waals surface area contributed by atoms with Gasteiger partial charge < -0.3 is 24.0 Å². The first kappa shape index (κ1) is 12.3. The molecule has 1 rings (SSSR count). The second-order valence-electron chi connectivity index (χ2n) is 2.87. The Kier molecular flexibility index (Phi) is 4.25. The minimum atomic E-state index is -0.359. The summed E-state index contributed by atoms with van der Waals surface area (Å²) >= 11 is 0. The molecule has 1 aromatic heterocycles. The highest BCUT2D eigenvalue weighted by molar-refractivity contribution is 5.38. The molecule has 0 bridgehead atoms. The molecule has 0 N–H and O–H groups in total. The van der Waals surface area contributed by atoms with E-state index in [0.717, 1.165) is 11.1 Å². The predicted molar refractivity (Wildman–Crippen MR) is 43.7 cm³/mol. The Hall–Kier alpha value is -0.720. The molecule has 13 heavy (non-hydrogen) atoms. The van der Waals surface area contributed by atoms with Crippen molar-refractivity contribution >= 4 is 5.69 Å². The van der Waals surface area contributed by atoms with Gasteiger partial charge in [0.05, 0.1) is 4.92 Å². The molecule has 0 aliphatic carbocycles. The number of hydrogen-bond acceptors (Lipinski definition) is 2. The highest BCUT2D eigenvalue weighted by Gasteiger charge is 2.17.